The van der Waals surface area contributed by atoms with E-state index in [-0.39, 0.29) is 18.0 Å². The molecule has 3 aromatic heterocycles. The SMILES string of the molecule is CC1(c2cc(NC(=O)n3ccc4cc(Oc5cc(CN(N)/N=C\N)ncn5)ccc43)no2)CC1. The molecule has 0 radical (unpaired) electrons. The highest BCUT2D eigenvalue weighted by atomic mass is 16.5. The number of nitrogens with one attached hydrogen (secondary N) is 1. The maximum atomic E-state index is 12.8. The van der Waals surface area contributed by atoms with E-state index in [4.69, 9.17) is 20.8 Å². The van der Waals surface area contributed by atoms with Gasteiger partial charge in [0, 0.05) is 29.1 Å². The zero-order valence-electron chi connectivity index (χ0n) is 18.4. The summed E-state index contributed by atoms with van der Waals surface area (Å²) in [6.07, 6.45) is 6.28. The van der Waals surface area contributed by atoms with Crippen LogP contribution in [-0.2, 0) is 12.0 Å². The van der Waals surface area contributed by atoms with Gasteiger partial charge in [0.15, 0.2) is 5.82 Å². The van der Waals surface area contributed by atoms with Crippen molar-refractivity contribution < 1.29 is 14.1 Å². The number of fused-ring (bicyclic) bond motifs is 1. The minimum Gasteiger partial charge on any atom is -0.439 e. The average molecular weight is 461 g/mol. The molecule has 1 aliphatic carbocycles. The van der Waals surface area contributed by atoms with Crippen molar-refractivity contribution in [1.82, 2.24) is 24.8 Å². The van der Waals surface area contributed by atoms with Crippen LogP contribution in [0.25, 0.3) is 10.9 Å². The second-order valence-electron chi connectivity index (χ2n) is 8.29. The first kappa shape index (κ1) is 21.4. The summed E-state index contributed by atoms with van der Waals surface area (Å²) in [6.45, 7) is 2.35. The van der Waals surface area contributed by atoms with Gasteiger partial charge in [0.25, 0.3) is 0 Å². The van der Waals surface area contributed by atoms with E-state index in [1.54, 1.807) is 30.5 Å². The standard InChI is InChI=1S/C22H23N9O3/c1-22(5-6-22)18-10-19(29-34-18)28-21(32)30-7-4-14-8-16(2-3-17(14)30)33-20-9-15(25-13-26-20)11-31(24)27-12-23/h2-4,7-10,12-13H,5-6,11,24H2,1H3,(H2,23,27)(H,28,29,32). The third-order valence-electron chi connectivity index (χ3n) is 5.68. The third-order valence-corrected chi connectivity index (χ3v) is 5.68. The predicted molar refractivity (Wildman–Crippen MR) is 124 cm³/mol. The van der Waals surface area contributed by atoms with Crippen LogP contribution in [0.5, 0.6) is 11.6 Å². The fraction of sp³-hybridized carbons (Fsp3) is 0.227. The molecule has 12 heteroatoms. The number of hydrazine groups is 1. The van der Waals surface area contributed by atoms with Crippen molar-refractivity contribution in [3.63, 3.8) is 0 Å². The summed E-state index contributed by atoms with van der Waals surface area (Å²) in [6, 6.07) is 10.3. The van der Waals surface area contributed by atoms with Crippen LogP contribution in [0.15, 0.2) is 58.5 Å². The van der Waals surface area contributed by atoms with E-state index in [2.05, 4.69) is 32.5 Å². The lowest BCUT2D eigenvalue weighted by Gasteiger charge is -2.11. The molecule has 1 amide bonds. The van der Waals surface area contributed by atoms with E-state index in [0.717, 1.165) is 35.4 Å². The monoisotopic (exact) mass is 461 g/mol. The Balaban J connectivity index is 1.29. The smallest absolute Gasteiger partial charge is 0.331 e. The molecule has 1 fully saturated rings. The van der Waals surface area contributed by atoms with Crippen molar-refractivity contribution in [3.8, 4) is 11.6 Å². The van der Waals surface area contributed by atoms with Crippen LogP contribution in [-0.4, -0.2) is 37.2 Å². The summed E-state index contributed by atoms with van der Waals surface area (Å²) in [4.78, 5) is 21.1. The summed E-state index contributed by atoms with van der Waals surface area (Å²) < 4.78 is 12.8. The molecule has 0 bridgehead atoms. The Hall–Kier alpha value is -4.45. The normalized spacial score (nSPS) is 14.4. The van der Waals surface area contributed by atoms with Crippen LogP contribution in [0.1, 0.15) is 31.2 Å². The first-order chi connectivity index (χ1) is 16.4. The van der Waals surface area contributed by atoms with Gasteiger partial charge in [0.2, 0.25) is 5.88 Å². The first-order valence-electron chi connectivity index (χ1n) is 10.6. The van der Waals surface area contributed by atoms with Crippen LogP contribution in [0, 0.1) is 0 Å². The number of carbonyl (C=O) groups is 1. The summed E-state index contributed by atoms with van der Waals surface area (Å²) in [7, 11) is 0. The number of carbonyl (C=O) groups excluding carboxylic acids is 1. The van der Waals surface area contributed by atoms with Crippen LogP contribution in [0.2, 0.25) is 0 Å². The number of amides is 1. The lowest BCUT2D eigenvalue weighted by molar-refractivity contribution is 0.254. The zero-order chi connectivity index (χ0) is 23.7. The predicted octanol–water partition coefficient (Wildman–Crippen LogP) is 2.92. The molecule has 1 saturated carbocycles. The van der Waals surface area contributed by atoms with Crippen molar-refractivity contribution in [3.05, 3.63) is 60.4 Å². The number of nitrogens with two attached hydrogens (primary N) is 2. The topological polar surface area (TPSA) is 163 Å². The minimum atomic E-state index is -0.337. The molecule has 0 spiro atoms. The molecule has 1 aromatic carbocycles. The molecule has 5 N–H and O–H groups in total. The molecule has 5 rings (SSSR count). The molecule has 0 unspecified atom stereocenters. The maximum absolute atomic E-state index is 12.8. The van der Waals surface area contributed by atoms with Gasteiger partial charge in [-0.05, 0) is 37.1 Å². The summed E-state index contributed by atoms with van der Waals surface area (Å²) in [5.74, 6) is 7.77. The molecule has 0 saturated heterocycles. The Morgan fingerprint density at radius 3 is 2.97 bits per heavy atom. The largest absolute Gasteiger partial charge is 0.439 e. The Morgan fingerprint density at radius 2 is 2.18 bits per heavy atom. The highest BCUT2D eigenvalue weighted by molar-refractivity contribution is 5.98. The van der Waals surface area contributed by atoms with Crippen LogP contribution in [0.4, 0.5) is 10.6 Å². The summed E-state index contributed by atoms with van der Waals surface area (Å²) >= 11 is 0. The number of rotatable bonds is 7. The number of hydrogen-bond donors (Lipinski definition) is 3. The van der Waals surface area contributed by atoms with Gasteiger partial charge < -0.3 is 15.0 Å². The highest BCUT2D eigenvalue weighted by Crippen LogP contribution is 2.48. The first-order valence-corrected chi connectivity index (χ1v) is 10.6. The Kier molecular flexibility index (Phi) is 5.34. The maximum Gasteiger partial charge on any atom is 0.331 e. The van der Waals surface area contributed by atoms with Crippen LogP contribution in [0.3, 0.4) is 0 Å². The number of benzene rings is 1. The van der Waals surface area contributed by atoms with Gasteiger partial charge >= 0.3 is 6.03 Å². The van der Waals surface area contributed by atoms with Gasteiger partial charge in [-0.15, -0.1) is 0 Å². The van der Waals surface area contributed by atoms with Gasteiger partial charge in [-0.25, -0.2) is 25.7 Å². The molecule has 4 aromatic rings. The van der Waals surface area contributed by atoms with E-state index in [1.165, 1.54) is 10.9 Å². The van der Waals surface area contributed by atoms with Crippen LogP contribution >= 0.6 is 0 Å². The molecule has 0 aliphatic heterocycles. The number of hydrogen-bond acceptors (Lipinski definition) is 9. The van der Waals surface area contributed by atoms with Gasteiger partial charge in [-0.2, -0.15) is 5.10 Å². The fourth-order valence-corrected chi connectivity index (χ4v) is 3.52. The summed E-state index contributed by atoms with van der Waals surface area (Å²) in [5.41, 5.74) is 6.59. The Bertz CT molecular complexity index is 1370. The quantitative estimate of drug-likeness (QED) is 0.162. The highest BCUT2D eigenvalue weighted by Gasteiger charge is 2.43. The molecule has 0 atom stereocenters. The second kappa shape index (κ2) is 8.48. The molecular weight excluding hydrogens is 438 g/mol. The van der Waals surface area contributed by atoms with E-state index in [1.807, 2.05) is 12.1 Å². The molecule has 12 nitrogen and oxygen atoms in total. The fourth-order valence-electron chi connectivity index (χ4n) is 3.52. The zero-order valence-corrected chi connectivity index (χ0v) is 18.4. The average Bonchev–Trinajstić information content (AvgIpc) is 3.20. The second-order valence-corrected chi connectivity index (χ2v) is 8.29. The van der Waals surface area contributed by atoms with E-state index >= 15 is 0 Å². The van der Waals surface area contributed by atoms with E-state index in [9.17, 15) is 4.79 Å². The molecule has 174 valence electrons. The lowest BCUT2D eigenvalue weighted by Crippen LogP contribution is -2.25. The minimum absolute atomic E-state index is 0.0407. The Labute approximate surface area is 194 Å². The number of aromatic nitrogens is 4. The lowest BCUT2D eigenvalue weighted by atomic mass is 10.1. The number of hydrazone groups is 1. The molecular formula is C22H23N9O3. The number of anilines is 1. The summed E-state index contributed by atoms with van der Waals surface area (Å²) in [5, 5.41) is 12.5. The number of ether oxygens (including phenoxy) is 1. The van der Waals surface area contributed by atoms with Crippen molar-refractivity contribution in [2.75, 3.05) is 5.32 Å². The van der Waals surface area contributed by atoms with Crippen LogP contribution < -0.4 is 21.6 Å². The molecule has 34 heavy (non-hydrogen) atoms. The van der Waals surface area contributed by atoms with Gasteiger partial charge in [0.05, 0.1) is 17.8 Å². The van der Waals surface area contributed by atoms with E-state index in [0.29, 0.717) is 28.7 Å². The third kappa shape index (κ3) is 4.38. The van der Waals surface area contributed by atoms with Gasteiger partial charge in [-0.3, -0.25) is 9.88 Å². The number of nitrogens with zero attached hydrogens (tertiary/aromatic N) is 6. The van der Waals surface area contributed by atoms with Crippen molar-refractivity contribution >= 4 is 29.1 Å². The van der Waals surface area contributed by atoms with Gasteiger partial charge in [-0.1, -0.05) is 12.1 Å². The Morgan fingerprint density at radius 1 is 1.32 bits per heavy atom. The van der Waals surface area contributed by atoms with Crippen molar-refractivity contribution in [2.45, 2.75) is 31.7 Å². The molecule has 1 aliphatic rings. The van der Waals surface area contributed by atoms with Crippen molar-refractivity contribution in [2.24, 2.45) is 16.7 Å². The van der Waals surface area contributed by atoms with E-state index < -0.39 is 0 Å². The van der Waals surface area contributed by atoms with Crippen molar-refractivity contribution in [1.29, 1.82) is 0 Å². The van der Waals surface area contributed by atoms with Gasteiger partial charge in [0.1, 0.15) is 24.2 Å². The molecule has 3 heterocycles.